The van der Waals surface area contributed by atoms with Crippen molar-refractivity contribution in [2.45, 2.75) is 102 Å². The molecule has 9 atom stereocenters. The van der Waals surface area contributed by atoms with Crippen LogP contribution in [0.2, 0.25) is 0 Å². The molecule has 192 valence electrons. The minimum atomic E-state index is -1.80. The molecule has 2 saturated heterocycles. The lowest BCUT2D eigenvalue weighted by Gasteiger charge is -2.46. The average Bonchev–Trinajstić information content (AvgIpc) is 2.79. The van der Waals surface area contributed by atoms with Crippen LogP contribution in [0, 0.1) is 17.8 Å². The third-order valence-corrected chi connectivity index (χ3v) is 7.84. The summed E-state index contributed by atoms with van der Waals surface area (Å²) < 4.78 is 17.6. The SMILES string of the molecule is COC1CCCCC(c2ccccc2)OC(=O)CC2(O)CC(O)C(C)C(O2)C(C)C(C)CC1O. The molecule has 7 nitrogen and oxygen atoms in total. The Morgan fingerprint density at radius 3 is 2.35 bits per heavy atom. The summed E-state index contributed by atoms with van der Waals surface area (Å²) in [6.45, 7) is 5.94. The van der Waals surface area contributed by atoms with E-state index in [0.717, 1.165) is 18.4 Å². The molecule has 3 rings (SSSR count). The smallest absolute Gasteiger partial charge is 0.311 e. The first-order valence-corrected chi connectivity index (χ1v) is 12.7. The van der Waals surface area contributed by atoms with Crippen molar-refractivity contribution < 1.29 is 34.3 Å². The standard InChI is InChI=1S/C27H42O7/c1-17-14-21(28)24(32-4)13-9-8-12-23(20-10-6-5-7-11-20)33-25(30)16-27(31)15-22(29)19(3)26(34-27)18(17)2/h5-7,10-11,17-19,21-24,26,28-29,31H,8-9,12-16H2,1-4H3. The number of carbonyl (C=O) groups is 1. The maximum Gasteiger partial charge on any atom is 0.311 e. The number of aliphatic hydroxyl groups excluding tert-OH is 2. The van der Waals surface area contributed by atoms with Crippen molar-refractivity contribution in [1.82, 2.24) is 0 Å². The number of aliphatic hydroxyl groups is 3. The van der Waals surface area contributed by atoms with E-state index in [1.807, 2.05) is 51.1 Å². The lowest BCUT2D eigenvalue weighted by atomic mass is 9.76. The first-order chi connectivity index (χ1) is 16.1. The molecule has 34 heavy (non-hydrogen) atoms. The number of rotatable bonds is 2. The van der Waals surface area contributed by atoms with E-state index in [2.05, 4.69) is 0 Å². The lowest BCUT2D eigenvalue weighted by molar-refractivity contribution is -0.301. The van der Waals surface area contributed by atoms with Crippen LogP contribution in [0.3, 0.4) is 0 Å². The summed E-state index contributed by atoms with van der Waals surface area (Å²) in [4.78, 5) is 12.9. The zero-order valence-electron chi connectivity index (χ0n) is 20.9. The number of esters is 1. The van der Waals surface area contributed by atoms with Crippen molar-refractivity contribution in [1.29, 1.82) is 0 Å². The van der Waals surface area contributed by atoms with Crippen LogP contribution >= 0.6 is 0 Å². The molecule has 0 radical (unpaired) electrons. The highest BCUT2D eigenvalue weighted by Gasteiger charge is 2.48. The highest BCUT2D eigenvalue weighted by atomic mass is 16.6. The van der Waals surface area contributed by atoms with Gasteiger partial charge in [-0.05, 0) is 43.1 Å². The van der Waals surface area contributed by atoms with Gasteiger partial charge < -0.3 is 29.5 Å². The second-order valence-corrected chi connectivity index (χ2v) is 10.4. The molecule has 1 aromatic rings. The molecule has 0 aliphatic carbocycles. The monoisotopic (exact) mass is 478 g/mol. The molecular weight excluding hydrogens is 436 g/mol. The predicted octanol–water partition coefficient (Wildman–Crippen LogP) is 3.75. The second kappa shape index (κ2) is 12.0. The number of carbonyl (C=O) groups excluding carboxylic acids is 1. The summed E-state index contributed by atoms with van der Waals surface area (Å²) in [5, 5.41) is 32.8. The van der Waals surface area contributed by atoms with Gasteiger partial charge in [-0.1, -0.05) is 57.5 Å². The van der Waals surface area contributed by atoms with E-state index in [9.17, 15) is 20.1 Å². The predicted molar refractivity (Wildman–Crippen MR) is 128 cm³/mol. The first-order valence-electron chi connectivity index (χ1n) is 12.7. The van der Waals surface area contributed by atoms with Gasteiger partial charge in [0.05, 0.1) is 30.8 Å². The molecule has 3 N–H and O–H groups in total. The summed E-state index contributed by atoms with van der Waals surface area (Å²) in [5.41, 5.74) is 0.894. The van der Waals surface area contributed by atoms with Gasteiger partial charge in [0, 0.05) is 19.4 Å². The number of fused-ring (bicyclic) bond motifs is 2. The third-order valence-electron chi connectivity index (χ3n) is 7.84. The van der Waals surface area contributed by atoms with Crippen LogP contribution in [0.4, 0.5) is 0 Å². The molecule has 7 heteroatoms. The molecule has 0 saturated carbocycles. The van der Waals surface area contributed by atoms with Gasteiger partial charge in [-0.3, -0.25) is 4.79 Å². The molecule has 1 aromatic carbocycles. The van der Waals surface area contributed by atoms with Crippen LogP contribution < -0.4 is 0 Å². The Bertz CT molecular complexity index is 772. The van der Waals surface area contributed by atoms with Gasteiger partial charge in [0.15, 0.2) is 5.79 Å². The van der Waals surface area contributed by atoms with Gasteiger partial charge in [-0.2, -0.15) is 0 Å². The summed E-state index contributed by atoms with van der Waals surface area (Å²) in [6, 6.07) is 9.57. The van der Waals surface area contributed by atoms with Crippen molar-refractivity contribution in [3.8, 4) is 0 Å². The number of hydrogen-bond donors (Lipinski definition) is 3. The van der Waals surface area contributed by atoms with Crippen molar-refractivity contribution in [2.75, 3.05) is 7.11 Å². The summed E-state index contributed by atoms with van der Waals surface area (Å²) in [5.74, 6) is -2.58. The molecule has 2 heterocycles. The number of ether oxygens (including phenoxy) is 3. The van der Waals surface area contributed by atoms with Crippen LogP contribution in [0.5, 0.6) is 0 Å². The summed E-state index contributed by atoms with van der Waals surface area (Å²) in [6.07, 6.45) is 0.456. The molecule has 0 aromatic heterocycles. The van der Waals surface area contributed by atoms with E-state index in [0.29, 0.717) is 19.3 Å². The molecular formula is C27H42O7. The minimum Gasteiger partial charge on any atom is -0.457 e. The fourth-order valence-corrected chi connectivity index (χ4v) is 5.44. The zero-order valence-corrected chi connectivity index (χ0v) is 20.9. The molecule has 0 amide bonds. The van der Waals surface area contributed by atoms with Crippen molar-refractivity contribution >= 4 is 5.97 Å². The highest BCUT2D eigenvalue weighted by molar-refractivity contribution is 5.70. The molecule has 2 aliphatic heterocycles. The zero-order chi connectivity index (χ0) is 24.9. The van der Waals surface area contributed by atoms with E-state index in [4.69, 9.17) is 14.2 Å². The lowest BCUT2D eigenvalue weighted by Crippen LogP contribution is -2.54. The minimum absolute atomic E-state index is 0.0504. The topological polar surface area (TPSA) is 105 Å². The van der Waals surface area contributed by atoms with Gasteiger partial charge in [-0.15, -0.1) is 0 Å². The maximum absolute atomic E-state index is 12.9. The normalized spacial score (nSPS) is 41.0. The van der Waals surface area contributed by atoms with E-state index in [-0.39, 0.29) is 36.7 Å². The van der Waals surface area contributed by atoms with Crippen molar-refractivity contribution in [3.63, 3.8) is 0 Å². The number of benzene rings is 1. The van der Waals surface area contributed by atoms with E-state index in [1.165, 1.54) is 0 Å². The van der Waals surface area contributed by atoms with Crippen LogP contribution in [0.25, 0.3) is 0 Å². The number of hydrogen-bond acceptors (Lipinski definition) is 7. The second-order valence-electron chi connectivity index (χ2n) is 10.4. The Hall–Kier alpha value is -1.51. The van der Waals surface area contributed by atoms with Crippen LogP contribution in [0.1, 0.15) is 77.4 Å². The van der Waals surface area contributed by atoms with E-state index >= 15 is 0 Å². The fraction of sp³-hybridized carbons (Fsp3) is 0.741. The Morgan fingerprint density at radius 1 is 1.00 bits per heavy atom. The Morgan fingerprint density at radius 2 is 1.68 bits per heavy atom. The van der Waals surface area contributed by atoms with Gasteiger partial charge in [0.25, 0.3) is 0 Å². The van der Waals surface area contributed by atoms with E-state index in [1.54, 1.807) is 7.11 Å². The number of methoxy groups -OCH3 is 1. The van der Waals surface area contributed by atoms with Crippen LogP contribution in [-0.2, 0) is 19.0 Å². The molecule has 2 fully saturated rings. The van der Waals surface area contributed by atoms with Gasteiger partial charge in [0.2, 0.25) is 0 Å². The molecule has 2 bridgehead atoms. The van der Waals surface area contributed by atoms with Gasteiger partial charge in [-0.25, -0.2) is 0 Å². The number of cyclic esters (lactones) is 1. The van der Waals surface area contributed by atoms with Gasteiger partial charge >= 0.3 is 5.97 Å². The van der Waals surface area contributed by atoms with Crippen LogP contribution in [0.15, 0.2) is 30.3 Å². The molecule has 9 unspecified atom stereocenters. The van der Waals surface area contributed by atoms with Crippen molar-refractivity contribution in [3.05, 3.63) is 35.9 Å². The van der Waals surface area contributed by atoms with E-state index < -0.39 is 36.2 Å². The average molecular weight is 479 g/mol. The largest absolute Gasteiger partial charge is 0.457 e. The third kappa shape index (κ3) is 6.79. The molecule has 0 spiro atoms. The quantitative estimate of drug-likeness (QED) is 0.556. The maximum atomic E-state index is 12.9. The summed E-state index contributed by atoms with van der Waals surface area (Å²) >= 11 is 0. The van der Waals surface area contributed by atoms with Gasteiger partial charge in [0.1, 0.15) is 6.10 Å². The Labute approximate surface area is 203 Å². The summed E-state index contributed by atoms with van der Waals surface area (Å²) in [7, 11) is 1.62. The first kappa shape index (κ1) is 27.1. The Kier molecular flexibility index (Phi) is 9.52. The van der Waals surface area contributed by atoms with Crippen LogP contribution in [-0.4, -0.2) is 58.6 Å². The Balaban J connectivity index is 1.86. The van der Waals surface area contributed by atoms with Crippen molar-refractivity contribution in [2.24, 2.45) is 17.8 Å². The fourth-order valence-electron chi connectivity index (χ4n) is 5.44. The molecule has 2 aliphatic rings. The highest BCUT2D eigenvalue weighted by Crippen LogP contribution is 2.40.